The van der Waals surface area contributed by atoms with Crippen LogP contribution >= 0.6 is 22.9 Å². The number of anilines is 2. The molecule has 124 valence electrons. The fourth-order valence-corrected chi connectivity index (χ4v) is 2.60. The lowest BCUT2D eigenvalue weighted by molar-refractivity contribution is 0.0636. The second-order valence-corrected chi connectivity index (χ2v) is 7.48. The summed E-state index contributed by atoms with van der Waals surface area (Å²) in [6, 6.07) is 4.23. The Labute approximate surface area is 142 Å². The Morgan fingerprint density at radius 3 is 2.78 bits per heavy atom. The summed E-state index contributed by atoms with van der Waals surface area (Å²) in [7, 11) is 0. The molecular weight excluding hydrogens is 341 g/mol. The van der Waals surface area contributed by atoms with Crippen molar-refractivity contribution in [2.75, 3.05) is 10.6 Å². The van der Waals surface area contributed by atoms with Gasteiger partial charge in [0.15, 0.2) is 0 Å². The fourth-order valence-electron chi connectivity index (χ4n) is 1.70. The molecule has 1 amide bonds. The lowest BCUT2D eigenvalue weighted by atomic mass is 10.2. The monoisotopic (exact) mass is 357 g/mol. The molecule has 0 saturated heterocycles. The Bertz CT molecular complexity index is 700. The highest BCUT2D eigenvalue weighted by Crippen LogP contribution is 2.23. The van der Waals surface area contributed by atoms with Gasteiger partial charge in [0.1, 0.15) is 20.8 Å². The first-order chi connectivity index (χ1) is 10.7. The molecule has 0 bridgehead atoms. The number of rotatable bonds is 4. The van der Waals surface area contributed by atoms with Crippen molar-refractivity contribution < 1.29 is 13.9 Å². The van der Waals surface area contributed by atoms with E-state index in [0.717, 1.165) is 5.01 Å². The molecule has 5 nitrogen and oxygen atoms in total. The van der Waals surface area contributed by atoms with E-state index < -0.39 is 17.5 Å². The molecule has 0 atom stereocenters. The lowest BCUT2D eigenvalue weighted by Gasteiger charge is -2.20. The Morgan fingerprint density at radius 1 is 1.43 bits per heavy atom. The van der Waals surface area contributed by atoms with Crippen LogP contribution in [0.3, 0.4) is 0 Å². The molecule has 8 heteroatoms. The van der Waals surface area contributed by atoms with Crippen molar-refractivity contribution >= 4 is 40.4 Å². The summed E-state index contributed by atoms with van der Waals surface area (Å²) < 4.78 is 19.6. The summed E-state index contributed by atoms with van der Waals surface area (Å²) in [6.07, 6.45) is 0.946. The highest BCUT2D eigenvalue weighted by atomic mass is 35.5. The number of carbonyl (C=O) groups excluding carboxylic acids is 1. The average molecular weight is 358 g/mol. The maximum Gasteiger partial charge on any atom is 0.412 e. The zero-order valence-corrected chi connectivity index (χ0v) is 14.5. The molecule has 0 saturated carbocycles. The Kier molecular flexibility index (Phi) is 5.43. The third kappa shape index (κ3) is 5.69. The van der Waals surface area contributed by atoms with Gasteiger partial charge in [-0.05, 0) is 39.0 Å². The van der Waals surface area contributed by atoms with Gasteiger partial charge in [-0.3, -0.25) is 5.32 Å². The molecule has 0 fully saturated rings. The van der Waals surface area contributed by atoms with Gasteiger partial charge in [-0.2, -0.15) is 0 Å². The van der Waals surface area contributed by atoms with Gasteiger partial charge in [0.05, 0.1) is 18.4 Å². The van der Waals surface area contributed by atoms with Crippen LogP contribution in [-0.4, -0.2) is 16.7 Å². The van der Waals surface area contributed by atoms with Gasteiger partial charge in [0.25, 0.3) is 0 Å². The van der Waals surface area contributed by atoms with Crippen molar-refractivity contribution in [1.82, 2.24) is 4.98 Å². The van der Waals surface area contributed by atoms with E-state index in [1.807, 2.05) is 0 Å². The van der Waals surface area contributed by atoms with E-state index in [2.05, 4.69) is 15.6 Å². The minimum absolute atomic E-state index is 0.255. The first-order valence-corrected chi connectivity index (χ1v) is 8.06. The van der Waals surface area contributed by atoms with E-state index in [1.54, 1.807) is 27.0 Å². The largest absolute Gasteiger partial charge is 0.444 e. The van der Waals surface area contributed by atoms with Crippen molar-refractivity contribution in [2.45, 2.75) is 32.9 Å². The van der Waals surface area contributed by atoms with Crippen molar-refractivity contribution in [3.05, 3.63) is 39.6 Å². The molecule has 1 heterocycles. The zero-order chi connectivity index (χ0) is 17.0. The van der Waals surface area contributed by atoms with Crippen molar-refractivity contribution in [1.29, 1.82) is 0 Å². The number of aromatic nitrogens is 1. The van der Waals surface area contributed by atoms with Gasteiger partial charge in [-0.25, -0.2) is 14.2 Å². The Hall–Kier alpha value is -1.86. The summed E-state index contributed by atoms with van der Waals surface area (Å²) in [5, 5.41) is 6.23. The van der Waals surface area contributed by atoms with Gasteiger partial charge in [-0.15, -0.1) is 11.3 Å². The van der Waals surface area contributed by atoms with Crippen LogP contribution in [0.5, 0.6) is 0 Å². The molecule has 0 spiro atoms. The first kappa shape index (κ1) is 17.5. The van der Waals surface area contributed by atoms with Crippen LogP contribution in [0.25, 0.3) is 0 Å². The number of amides is 1. The van der Waals surface area contributed by atoms with Crippen LogP contribution in [0, 0.1) is 5.82 Å². The normalized spacial score (nSPS) is 11.2. The molecule has 2 rings (SSSR count). The van der Waals surface area contributed by atoms with Crippen molar-refractivity contribution in [3.63, 3.8) is 0 Å². The molecule has 23 heavy (non-hydrogen) atoms. The Balaban J connectivity index is 2.02. The molecule has 0 aliphatic heterocycles. The number of ether oxygens (including phenoxy) is 1. The van der Waals surface area contributed by atoms with Crippen molar-refractivity contribution in [3.8, 4) is 0 Å². The van der Waals surface area contributed by atoms with E-state index in [-0.39, 0.29) is 5.69 Å². The third-order valence-electron chi connectivity index (χ3n) is 2.57. The number of nitrogens with one attached hydrogen (secondary N) is 2. The lowest BCUT2D eigenvalue weighted by Crippen LogP contribution is -2.27. The van der Waals surface area contributed by atoms with E-state index in [9.17, 15) is 9.18 Å². The quantitative estimate of drug-likeness (QED) is 0.817. The highest BCUT2D eigenvalue weighted by molar-refractivity contribution is 7.15. The molecular formula is C15H17ClFN3O2S. The summed E-state index contributed by atoms with van der Waals surface area (Å²) in [4.78, 5) is 15.8. The minimum atomic E-state index is -0.602. The Morgan fingerprint density at radius 2 is 2.17 bits per heavy atom. The van der Waals surface area contributed by atoms with Crippen LogP contribution in [0.15, 0.2) is 24.4 Å². The highest BCUT2D eigenvalue weighted by Gasteiger charge is 2.16. The van der Waals surface area contributed by atoms with Gasteiger partial charge in [0, 0.05) is 5.69 Å². The van der Waals surface area contributed by atoms with E-state index in [1.165, 1.54) is 29.5 Å². The summed E-state index contributed by atoms with van der Waals surface area (Å²) in [6.45, 7) is 5.64. The first-order valence-electron chi connectivity index (χ1n) is 6.86. The standard InChI is InChI=1S/C15H17ClFN3O2S/c1-15(2,3)22-14(21)20-9-4-5-10(17)11(6-9)18-8-13-19-7-12(16)23-13/h4-7,18H,8H2,1-3H3,(H,20,21). The van der Waals surface area contributed by atoms with E-state index >= 15 is 0 Å². The molecule has 1 aromatic carbocycles. The van der Waals surface area contributed by atoms with Gasteiger partial charge in [0.2, 0.25) is 0 Å². The van der Waals surface area contributed by atoms with Gasteiger partial charge >= 0.3 is 6.09 Å². The molecule has 0 aliphatic rings. The maximum absolute atomic E-state index is 13.8. The molecule has 0 aliphatic carbocycles. The third-order valence-corrected chi connectivity index (χ3v) is 3.68. The van der Waals surface area contributed by atoms with Gasteiger partial charge < -0.3 is 10.1 Å². The predicted octanol–water partition coefficient (Wildman–Crippen LogP) is 4.89. The summed E-state index contributed by atoms with van der Waals surface area (Å²) in [5.74, 6) is -0.428. The van der Waals surface area contributed by atoms with Gasteiger partial charge in [-0.1, -0.05) is 11.6 Å². The minimum Gasteiger partial charge on any atom is -0.444 e. The number of carbonyl (C=O) groups is 1. The van der Waals surface area contributed by atoms with Crippen LogP contribution < -0.4 is 10.6 Å². The average Bonchev–Trinajstić information content (AvgIpc) is 2.83. The van der Waals surface area contributed by atoms with Crippen LogP contribution in [-0.2, 0) is 11.3 Å². The second-order valence-electron chi connectivity index (χ2n) is 5.73. The topological polar surface area (TPSA) is 63.2 Å². The summed E-state index contributed by atoms with van der Waals surface area (Å²) >= 11 is 7.12. The molecule has 0 unspecified atom stereocenters. The van der Waals surface area contributed by atoms with E-state index in [0.29, 0.717) is 16.6 Å². The zero-order valence-electron chi connectivity index (χ0n) is 12.9. The second kappa shape index (κ2) is 7.14. The van der Waals surface area contributed by atoms with Crippen LogP contribution in [0.2, 0.25) is 4.34 Å². The molecule has 2 N–H and O–H groups in total. The number of nitrogens with zero attached hydrogens (tertiary/aromatic N) is 1. The number of hydrogen-bond donors (Lipinski definition) is 2. The molecule has 0 radical (unpaired) electrons. The predicted molar refractivity (Wildman–Crippen MR) is 90.7 cm³/mol. The summed E-state index contributed by atoms with van der Waals surface area (Å²) in [5.41, 5.74) is 0.0835. The molecule has 1 aromatic heterocycles. The molecule has 2 aromatic rings. The maximum atomic E-state index is 13.8. The number of hydrogen-bond acceptors (Lipinski definition) is 5. The SMILES string of the molecule is CC(C)(C)OC(=O)Nc1ccc(F)c(NCc2ncc(Cl)s2)c1. The van der Waals surface area contributed by atoms with E-state index in [4.69, 9.17) is 16.3 Å². The number of benzene rings is 1. The number of halogens is 2. The van der Waals surface area contributed by atoms with Crippen molar-refractivity contribution in [2.24, 2.45) is 0 Å². The van der Waals surface area contributed by atoms with Crippen LogP contribution in [0.1, 0.15) is 25.8 Å². The van der Waals surface area contributed by atoms with Crippen LogP contribution in [0.4, 0.5) is 20.6 Å². The number of thiazole rings is 1. The fraction of sp³-hybridized carbons (Fsp3) is 0.333. The smallest absolute Gasteiger partial charge is 0.412 e.